The molecule has 0 radical (unpaired) electrons. The zero-order valence-electron chi connectivity index (χ0n) is 54.6. The van der Waals surface area contributed by atoms with E-state index in [-0.39, 0.29) is 51.4 Å². The summed E-state index contributed by atoms with van der Waals surface area (Å²) >= 11 is 12.7. The molecule has 0 atom stereocenters. The zero-order valence-corrected chi connectivity index (χ0v) is 61.1. The van der Waals surface area contributed by atoms with Gasteiger partial charge in [0.1, 0.15) is 20.8 Å². The average Bonchev–Trinajstić information content (AvgIpc) is 1.07. The third kappa shape index (κ3) is 9.46. The van der Waals surface area contributed by atoms with Gasteiger partial charge < -0.3 is 0 Å². The molecule has 6 aliphatic rings. The minimum Gasteiger partial charge on any atom is -0.300 e. The van der Waals surface area contributed by atoms with Crippen LogP contribution in [0.25, 0.3) is 70.7 Å². The fraction of sp³-hybridized carbons (Fsp3) is 0.0349. The topological polar surface area (TPSA) is 125 Å². The summed E-state index contributed by atoms with van der Waals surface area (Å²) < 4.78 is 2.92. The number of hydrogen-bond acceptors (Lipinski definition) is 18. The zero-order chi connectivity index (χ0) is 69.7. The monoisotopic (exact) mass is 1490 g/mol. The van der Waals surface area contributed by atoms with Gasteiger partial charge in [0.25, 0.3) is 0 Å². The van der Waals surface area contributed by atoms with Crippen LogP contribution in [0, 0.1) is 0 Å². The Morgan fingerprint density at radius 2 is 0.712 bits per heavy atom. The smallest absolute Gasteiger partial charge is 0.197 e. The van der Waals surface area contributed by atoms with Crippen molar-refractivity contribution in [1.82, 2.24) is 4.98 Å². The van der Waals surface area contributed by atoms with Crippen molar-refractivity contribution in [2.75, 3.05) is 14.7 Å². The number of benzene rings is 8. The van der Waals surface area contributed by atoms with Gasteiger partial charge in [-0.25, -0.2) is 4.98 Å². The molecule has 10 heterocycles. The lowest BCUT2D eigenvalue weighted by Crippen LogP contribution is -2.31. The molecule has 0 amide bonds. The molecule has 8 aromatic carbocycles. The first-order chi connectivity index (χ1) is 50.7. The molecule has 7 aromatic heterocycles. The van der Waals surface area contributed by atoms with Crippen molar-refractivity contribution in [3.63, 3.8) is 0 Å². The van der Waals surface area contributed by atoms with Crippen LogP contribution < -0.4 is 14.7 Å². The van der Waals surface area contributed by atoms with Gasteiger partial charge in [0.05, 0.1) is 45.2 Å². The molecule has 3 aliphatic carbocycles. The van der Waals surface area contributed by atoms with Gasteiger partial charge in [-0.1, -0.05) is 79.8 Å². The van der Waals surface area contributed by atoms with Crippen LogP contribution in [0.4, 0.5) is 49.3 Å². The van der Waals surface area contributed by atoms with E-state index >= 15 is 0 Å². The molecule has 0 N–H and O–H groups in total. The van der Waals surface area contributed by atoms with Crippen LogP contribution in [0.5, 0.6) is 0 Å². The lowest BCUT2D eigenvalue weighted by atomic mass is 9.73. The van der Waals surface area contributed by atoms with Crippen LogP contribution in [0.1, 0.15) is 102 Å². The van der Waals surface area contributed by atoms with Gasteiger partial charge >= 0.3 is 0 Å². The Balaban J connectivity index is 0.658. The van der Waals surface area contributed by atoms with Crippen molar-refractivity contribution in [3.8, 4) is 22.3 Å². The molecule has 0 fully saturated rings. The highest BCUT2D eigenvalue weighted by molar-refractivity contribution is 8.00. The third-order valence-electron chi connectivity index (χ3n) is 20.5. The van der Waals surface area contributed by atoms with Gasteiger partial charge in [-0.2, -0.15) is 0 Å². The van der Waals surface area contributed by atoms with Crippen LogP contribution in [0.2, 0.25) is 0 Å². The summed E-state index contributed by atoms with van der Waals surface area (Å²) in [4.78, 5) is 103. The van der Waals surface area contributed by atoms with Gasteiger partial charge in [0.2, 0.25) is 0 Å². The Bertz CT molecular complexity index is 6130. The summed E-state index contributed by atoms with van der Waals surface area (Å²) in [5, 5.41) is 11.5. The Kier molecular flexibility index (Phi) is 13.7. The van der Waals surface area contributed by atoms with E-state index in [1.807, 2.05) is 95.1 Å². The molecular weight excluding hydrogens is 1440 g/mol. The molecule has 494 valence electrons. The Morgan fingerprint density at radius 1 is 0.337 bits per heavy atom. The lowest BCUT2D eigenvalue weighted by molar-refractivity contribution is 0.0975. The first-order valence-electron chi connectivity index (χ1n) is 33.4. The first kappa shape index (κ1) is 61.9. The number of pyridine rings is 1. The van der Waals surface area contributed by atoms with Crippen LogP contribution in [-0.4, -0.2) is 39.7 Å². The largest absolute Gasteiger partial charge is 0.300 e. The van der Waals surface area contributed by atoms with Crippen molar-refractivity contribution in [3.05, 3.63) is 298 Å². The van der Waals surface area contributed by atoms with Gasteiger partial charge in [0, 0.05) is 104 Å². The Hall–Kier alpha value is -10.8. The van der Waals surface area contributed by atoms with Crippen LogP contribution in [-0.2, 0) is 5.41 Å². The molecule has 3 aliphatic heterocycles. The van der Waals surface area contributed by atoms with Crippen LogP contribution in [0.3, 0.4) is 0 Å². The predicted octanol–water partition coefficient (Wildman–Crippen LogP) is 24.6. The molecule has 15 aromatic rings. The lowest BCUT2D eigenvalue weighted by Gasteiger charge is -2.41. The highest BCUT2D eigenvalue weighted by Crippen LogP contribution is 2.59. The van der Waals surface area contributed by atoms with Gasteiger partial charge in [-0.05, 0) is 231 Å². The number of ketones is 6. The van der Waals surface area contributed by atoms with Crippen molar-refractivity contribution in [1.29, 1.82) is 0 Å². The number of anilines is 9. The number of Topliss-reactive ketones (excluding diaryl/α,β-unsaturated/α-hetero) is 6. The highest BCUT2D eigenvalue weighted by atomic mass is 32.2. The van der Waals surface area contributed by atoms with Crippen molar-refractivity contribution in [2.45, 2.75) is 38.8 Å². The van der Waals surface area contributed by atoms with Crippen molar-refractivity contribution < 1.29 is 28.8 Å². The first-order valence-corrected chi connectivity index (χ1v) is 40.1. The van der Waals surface area contributed by atoms with Gasteiger partial charge in [-0.15, -0.1) is 68.0 Å². The van der Waals surface area contributed by atoms with E-state index in [2.05, 4.69) is 156 Å². The van der Waals surface area contributed by atoms with Gasteiger partial charge in [-0.3, -0.25) is 43.5 Å². The molecule has 0 saturated carbocycles. The molecule has 104 heavy (non-hydrogen) atoms. The number of aromatic nitrogens is 1. The number of fused-ring (bicyclic) bond motifs is 12. The SMILES string of the molecule is CC1(C)c2cc(-c3ccc4c(c3)N(c3ccc(/C=C5\C(=O)c6cc7ccsc7cc6C5=O)s3)c3ccccc3S4)ccc2N(c2ccc(/C=C3\C(=O)c4cc5ccsc5cc4C3=O)s2)c2ncc(-c3ccc4c(c3)N(c3ccc(/C=C5\C(=O)c6cc7ccsc7cc6C5=O)s3)c3ccccc3S4)cc21. The number of carbonyl (C=O) groups is 6. The summed E-state index contributed by atoms with van der Waals surface area (Å²) in [7, 11) is 0. The van der Waals surface area contributed by atoms with Crippen LogP contribution in [0.15, 0.2) is 259 Å². The number of nitrogens with zero attached hydrogens (tertiary/aromatic N) is 4. The summed E-state index contributed by atoms with van der Waals surface area (Å²) in [6, 6.07) is 68.1. The second-order valence-electron chi connectivity index (χ2n) is 26.7. The maximum atomic E-state index is 14.1. The molecule has 10 nitrogen and oxygen atoms in total. The van der Waals surface area contributed by atoms with E-state index in [0.717, 1.165) is 147 Å². The summed E-state index contributed by atoms with van der Waals surface area (Å²) in [5.74, 6) is -0.797. The van der Waals surface area contributed by atoms with E-state index in [1.54, 1.807) is 75.8 Å². The highest BCUT2D eigenvalue weighted by Gasteiger charge is 2.42. The van der Waals surface area contributed by atoms with Crippen molar-refractivity contribution in [2.24, 2.45) is 0 Å². The Labute approximate surface area is 626 Å². The Morgan fingerprint density at radius 3 is 1.16 bits per heavy atom. The minimum atomic E-state index is -0.641. The van der Waals surface area contributed by atoms with E-state index in [1.165, 1.54) is 34.0 Å². The standard InChI is InChI=1S/C86H46N4O6S8/c1-86(2)62-32-43(44-12-18-71-67(34-44)88(65-7-3-5-9-69(65)103-71)76-20-14-50(100-76)36-59-79(91)53-29-46-23-26-97-73(46)39-56(53)82(59)94)11-17-64(62)90(78-22-16-52(102-78)38-61-81(93)55-31-48-25-28-99-75(48)41-58(55)84(61)96)85-63(86)33-49(42-87-85)45-13-19-72-68(35-45)89(66-8-4-6-10-70(66)104-72)77-21-15-51(101-77)37-60-80(92)54-30-47-24-27-98-74(47)40-57(54)83(60)95/h3-42H,1-2H3/b59-36+,60-37+,61-38+. The van der Waals surface area contributed by atoms with E-state index < -0.39 is 5.41 Å². The number of rotatable bonds is 8. The van der Waals surface area contributed by atoms with E-state index in [9.17, 15) is 28.8 Å². The third-order valence-corrected chi connectivity index (χ3v) is 28.4. The number of thiophene rings is 6. The summed E-state index contributed by atoms with van der Waals surface area (Å²) in [5.41, 5.74) is 13.4. The normalized spacial score (nSPS) is 16.5. The summed E-state index contributed by atoms with van der Waals surface area (Å²) in [6.45, 7) is 4.53. The number of carbonyl (C=O) groups excluding carboxylic acids is 6. The number of hydrogen-bond donors (Lipinski definition) is 0. The van der Waals surface area contributed by atoms with E-state index in [0.29, 0.717) is 33.4 Å². The van der Waals surface area contributed by atoms with E-state index in [4.69, 9.17) is 4.98 Å². The molecule has 0 unspecified atom stereocenters. The average molecular weight is 1490 g/mol. The summed E-state index contributed by atoms with van der Waals surface area (Å²) in [6.07, 6.45) is 7.20. The fourth-order valence-corrected chi connectivity index (χ4v) is 22.7. The maximum Gasteiger partial charge on any atom is 0.197 e. The number of para-hydroxylation sites is 2. The molecule has 0 saturated heterocycles. The number of allylic oxidation sites excluding steroid dienone is 3. The molecule has 0 spiro atoms. The molecule has 0 bridgehead atoms. The second-order valence-corrected chi connectivity index (χ2v) is 35.0. The second kappa shape index (κ2) is 23.1. The minimum absolute atomic E-state index is 0.148. The van der Waals surface area contributed by atoms with Crippen LogP contribution >= 0.6 is 91.5 Å². The molecular formula is C86H46N4O6S8. The molecule has 18 heteroatoms. The fourth-order valence-electron chi connectivity index (χ4n) is 15.3. The molecule has 21 rings (SSSR count). The maximum absolute atomic E-state index is 14.1. The van der Waals surface area contributed by atoms with Crippen molar-refractivity contribution >= 4 is 224 Å². The van der Waals surface area contributed by atoms with Gasteiger partial charge in [0.15, 0.2) is 34.7 Å². The quantitative estimate of drug-likeness (QED) is 0.106. The predicted molar refractivity (Wildman–Crippen MR) is 429 cm³/mol.